The Kier molecular flexibility index (Phi) is 2.99. The number of thioether (sulfide) groups is 1. The molecule has 0 aliphatic carbocycles. The van der Waals surface area contributed by atoms with E-state index in [2.05, 4.69) is 17.4 Å². The molecule has 0 radical (unpaired) electrons. The van der Waals surface area contributed by atoms with Gasteiger partial charge in [0.25, 0.3) is 0 Å². The van der Waals surface area contributed by atoms with Crippen LogP contribution in [0.4, 0.5) is 0 Å². The summed E-state index contributed by atoms with van der Waals surface area (Å²) in [5, 5.41) is 3.23. The minimum atomic E-state index is 0.594. The van der Waals surface area contributed by atoms with E-state index in [0.717, 1.165) is 18.0 Å². The van der Waals surface area contributed by atoms with Gasteiger partial charge in [0.2, 0.25) is 0 Å². The SMILES string of the molecule is CNCC1CSc2cccc(OC)c21. The number of hydrogen-bond acceptors (Lipinski definition) is 3. The molecule has 0 saturated heterocycles. The summed E-state index contributed by atoms with van der Waals surface area (Å²) in [6.45, 7) is 1.03. The molecule has 2 rings (SSSR count). The van der Waals surface area contributed by atoms with E-state index in [1.807, 2.05) is 24.9 Å². The number of rotatable bonds is 3. The van der Waals surface area contributed by atoms with E-state index in [4.69, 9.17) is 4.74 Å². The van der Waals surface area contributed by atoms with E-state index in [1.165, 1.54) is 10.5 Å². The van der Waals surface area contributed by atoms with Gasteiger partial charge in [-0.2, -0.15) is 0 Å². The highest BCUT2D eigenvalue weighted by molar-refractivity contribution is 7.99. The molecule has 1 aromatic carbocycles. The Morgan fingerprint density at radius 2 is 2.43 bits per heavy atom. The van der Waals surface area contributed by atoms with E-state index in [1.54, 1.807) is 7.11 Å². The second kappa shape index (κ2) is 4.24. The zero-order valence-electron chi connectivity index (χ0n) is 8.54. The van der Waals surface area contributed by atoms with Crippen molar-refractivity contribution in [2.75, 3.05) is 26.5 Å². The molecule has 1 unspecified atom stereocenters. The summed E-state index contributed by atoms with van der Waals surface area (Å²) in [4.78, 5) is 1.38. The van der Waals surface area contributed by atoms with Crippen LogP contribution in [0.1, 0.15) is 11.5 Å². The van der Waals surface area contributed by atoms with Crippen LogP contribution in [-0.2, 0) is 0 Å². The molecule has 0 amide bonds. The molecule has 1 aliphatic rings. The first-order valence-electron chi connectivity index (χ1n) is 4.81. The van der Waals surface area contributed by atoms with Crippen molar-refractivity contribution in [2.24, 2.45) is 0 Å². The van der Waals surface area contributed by atoms with Crippen molar-refractivity contribution in [1.82, 2.24) is 5.32 Å². The maximum atomic E-state index is 5.39. The summed E-state index contributed by atoms with van der Waals surface area (Å²) >= 11 is 1.93. The van der Waals surface area contributed by atoms with Crippen molar-refractivity contribution in [3.05, 3.63) is 23.8 Å². The van der Waals surface area contributed by atoms with Crippen LogP contribution in [0, 0.1) is 0 Å². The molecule has 0 spiro atoms. The highest BCUT2D eigenvalue weighted by Crippen LogP contribution is 2.43. The number of ether oxygens (including phenoxy) is 1. The molecule has 76 valence electrons. The third kappa shape index (κ3) is 1.62. The Bertz CT molecular complexity index is 325. The van der Waals surface area contributed by atoms with E-state index in [-0.39, 0.29) is 0 Å². The van der Waals surface area contributed by atoms with Gasteiger partial charge in [-0.15, -0.1) is 11.8 Å². The smallest absolute Gasteiger partial charge is 0.123 e. The molecule has 1 aromatic rings. The molecule has 1 heterocycles. The van der Waals surface area contributed by atoms with Crippen LogP contribution in [0.15, 0.2) is 23.1 Å². The molecular formula is C11H15NOS. The van der Waals surface area contributed by atoms with E-state index < -0.39 is 0 Å². The minimum absolute atomic E-state index is 0.594. The van der Waals surface area contributed by atoms with Gasteiger partial charge in [0.05, 0.1) is 7.11 Å². The fraction of sp³-hybridized carbons (Fsp3) is 0.455. The quantitative estimate of drug-likeness (QED) is 0.823. The summed E-state index contributed by atoms with van der Waals surface area (Å²) < 4.78 is 5.39. The van der Waals surface area contributed by atoms with Crippen molar-refractivity contribution in [1.29, 1.82) is 0 Å². The normalized spacial score (nSPS) is 19.4. The monoisotopic (exact) mass is 209 g/mol. The summed E-state index contributed by atoms with van der Waals surface area (Å²) in [6, 6.07) is 6.29. The first-order chi connectivity index (χ1) is 6.86. The number of fused-ring (bicyclic) bond motifs is 1. The molecule has 1 aliphatic heterocycles. The van der Waals surface area contributed by atoms with Crippen molar-refractivity contribution < 1.29 is 4.74 Å². The molecule has 1 N–H and O–H groups in total. The van der Waals surface area contributed by atoms with Gasteiger partial charge >= 0.3 is 0 Å². The predicted molar refractivity (Wildman–Crippen MR) is 60.4 cm³/mol. The Hall–Kier alpha value is -0.670. The van der Waals surface area contributed by atoms with Gasteiger partial charge in [-0.25, -0.2) is 0 Å². The molecule has 1 atom stereocenters. The fourth-order valence-electron chi connectivity index (χ4n) is 1.91. The molecule has 3 heteroatoms. The summed E-state index contributed by atoms with van der Waals surface area (Å²) in [5.41, 5.74) is 1.38. The molecule has 0 aromatic heterocycles. The van der Waals surface area contributed by atoms with E-state index in [0.29, 0.717) is 5.92 Å². The first-order valence-corrected chi connectivity index (χ1v) is 5.79. The number of benzene rings is 1. The zero-order valence-corrected chi connectivity index (χ0v) is 9.36. The lowest BCUT2D eigenvalue weighted by Crippen LogP contribution is -2.17. The lowest BCUT2D eigenvalue weighted by molar-refractivity contribution is 0.405. The summed E-state index contributed by atoms with van der Waals surface area (Å²) in [7, 11) is 3.74. The Labute approximate surface area is 89.0 Å². The molecule has 0 saturated carbocycles. The van der Waals surface area contributed by atoms with Gasteiger partial charge in [-0.1, -0.05) is 6.07 Å². The molecule has 14 heavy (non-hydrogen) atoms. The van der Waals surface area contributed by atoms with E-state index >= 15 is 0 Å². The predicted octanol–water partition coefficient (Wildman–Crippen LogP) is 2.10. The van der Waals surface area contributed by atoms with Gasteiger partial charge in [0.15, 0.2) is 0 Å². The van der Waals surface area contributed by atoms with Crippen LogP contribution in [0.2, 0.25) is 0 Å². The van der Waals surface area contributed by atoms with Gasteiger partial charge in [-0.3, -0.25) is 0 Å². The first kappa shape index (κ1) is 9.87. The largest absolute Gasteiger partial charge is 0.496 e. The van der Waals surface area contributed by atoms with E-state index in [9.17, 15) is 0 Å². The van der Waals surface area contributed by atoms with Gasteiger partial charge in [0.1, 0.15) is 5.75 Å². The molecule has 2 nitrogen and oxygen atoms in total. The highest BCUT2D eigenvalue weighted by Gasteiger charge is 2.25. The highest BCUT2D eigenvalue weighted by atomic mass is 32.2. The average molecular weight is 209 g/mol. The topological polar surface area (TPSA) is 21.3 Å². The van der Waals surface area contributed by atoms with Crippen LogP contribution < -0.4 is 10.1 Å². The second-order valence-electron chi connectivity index (χ2n) is 3.44. The summed E-state index contributed by atoms with van der Waals surface area (Å²) in [5.74, 6) is 2.79. The number of methoxy groups -OCH3 is 1. The van der Waals surface area contributed by atoms with Crippen LogP contribution in [0.5, 0.6) is 5.75 Å². The lowest BCUT2D eigenvalue weighted by atomic mass is 10.0. The Balaban J connectivity index is 2.35. The van der Waals surface area contributed by atoms with Gasteiger partial charge < -0.3 is 10.1 Å². The maximum absolute atomic E-state index is 5.39. The fourth-order valence-corrected chi connectivity index (χ4v) is 3.17. The van der Waals surface area contributed by atoms with Gasteiger partial charge in [0, 0.05) is 28.7 Å². The molecular weight excluding hydrogens is 194 g/mol. The van der Waals surface area contributed by atoms with Crippen molar-refractivity contribution >= 4 is 11.8 Å². The van der Waals surface area contributed by atoms with Crippen molar-refractivity contribution in [3.63, 3.8) is 0 Å². The third-order valence-electron chi connectivity index (χ3n) is 2.54. The van der Waals surface area contributed by atoms with Crippen molar-refractivity contribution in [2.45, 2.75) is 10.8 Å². The van der Waals surface area contributed by atoms with Crippen LogP contribution >= 0.6 is 11.8 Å². The van der Waals surface area contributed by atoms with Crippen molar-refractivity contribution in [3.8, 4) is 5.75 Å². The molecule has 0 bridgehead atoms. The van der Waals surface area contributed by atoms with Gasteiger partial charge in [-0.05, 0) is 19.2 Å². The zero-order chi connectivity index (χ0) is 9.97. The lowest BCUT2D eigenvalue weighted by Gasteiger charge is -2.13. The minimum Gasteiger partial charge on any atom is -0.496 e. The Morgan fingerprint density at radius 3 is 3.14 bits per heavy atom. The third-order valence-corrected chi connectivity index (χ3v) is 3.78. The second-order valence-corrected chi connectivity index (χ2v) is 4.50. The number of likely N-dealkylation sites (N-methyl/N-ethyl adjacent to an activating group) is 1. The van der Waals surface area contributed by atoms with Crippen LogP contribution in [0.25, 0.3) is 0 Å². The number of hydrogen-bond donors (Lipinski definition) is 1. The molecule has 0 fully saturated rings. The van der Waals surface area contributed by atoms with Crippen LogP contribution in [-0.4, -0.2) is 26.5 Å². The number of nitrogens with one attached hydrogen (secondary N) is 1. The standard InChI is InChI=1S/C11H15NOS/c1-12-6-8-7-14-10-5-3-4-9(13-2)11(8)10/h3-5,8,12H,6-7H2,1-2H3. The Morgan fingerprint density at radius 1 is 1.57 bits per heavy atom. The van der Waals surface area contributed by atoms with Crippen LogP contribution in [0.3, 0.4) is 0 Å². The average Bonchev–Trinajstić information content (AvgIpc) is 2.62. The summed E-state index contributed by atoms with van der Waals surface area (Å²) in [6.07, 6.45) is 0. The maximum Gasteiger partial charge on any atom is 0.123 e.